The molecule has 2 aliphatic rings. The molecule has 10 heteroatoms. The summed E-state index contributed by atoms with van der Waals surface area (Å²) in [5, 5.41) is 19.4. The van der Waals surface area contributed by atoms with Gasteiger partial charge in [-0.25, -0.2) is 4.98 Å². The number of carbonyl (C=O) groups is 2. The van der Waals surface area contributed by atoms with Crippen molar-refractivity contribution < 1.29 is 14.3 Å². The summed E-state index contributed by atoms with van der Waals surface area (Å²) in [6.45, 7) is 1.37. The minimum absolute atomic E-state index is 0.0306. The van der Waals surface area contributed by atoms with Crippen molar-refractivity contribution in [2.75, 3.05) is 26.7 Å². The Morgan fingerprint density at radius 2 is 2.13 bits per heavy atom. The Labute approximate surface area is 184 Å². The second-order valence-electron chi connectivity index (χ2n) is 8.05. The number of carbonyl (C=O) groups excluding carboxylic acids is 2. The first-order valence-electron chi connectivity index (χ1n) is 10.2. The largest absolute Gasteiger partial charge is 0.481 e. The maximum absolute atomic E-state index is 12.9. The van der Waals surface area contributed by atoms with E-state index in [0.717, 1.165) is 12.8 Å². The minimum Gasteiger partial charge on any atom is -0.481 e. The van der Waals surface area contributed by atoms with Gasteiger partial charge >= 0.3 is 0 Å². The summed E-state index contributed by atoms with van der Waals surface area (Å²) < 4.78 is 5.13. The molecule has 0 spiro atoms. The molecule has 0 bridgehead atoms. The van der Waals surface area contributed by atoms with Crippen LogP contribution in [0.25, 0.3) is 11.3 Å². The van der Waals surface area contributed by atoms with Crippen LogP contribution in [0.5, 0.6) is 5.88 Å². The summed E-state index contributed by atoms with van der Waals surface area (Å²) >= 11 is 6.22. The summed E-state index contributed by atoms with van der Waals surface area (Å²) in [4.78, 5) is 31.0. The van der Waals surface area contributed by atoms with Crippen molar-refractivity contribution >= 4 is 23.4 Å². The maximum Gasteiger partial charge on any atom is 0.274 e. The third-order valence-corrected chi connectivity index (χ3v) is 6.27. The molecule has 1 saturated heterocycles. The maximum atomic E-state index is 12.9. The van der Waals surface area contributed by atoms with Gasteiger partial charge in [0.25, 0.3) is 5.91 Å². The van der Waals surface area contributed by atoms with Crippen LogP contribution in [0.1, 0.15) is 36.2 Å². The van der Waals surface area contributed by atoms with Gasteiger partial charge in [0.05, 0.1) is 35.5 Å². The number of ether oxygens (including phenoxy) is 1. The number of aromatic amines is 1. The Kier molecular flexibility index (Phi) is 5.83. The van der Waals surface area contributed by atoms with Gasteiger partial charge in [0.1, 0.15) is 0 Å². The number of likely N-dealkylation sites (tertiary alicyclic amines) is 1. The fourth-order valence-corrected chi connectivity index (χ4v) is 3.90. The summed E-state index contributed by atoms with van der Waals surface area (Å²) in [6.07, 6.45) is 4.35. The molecule has 1 aliphatic heterocycles. The normalized spacial score (nSPS) is 17.6. The highest BCUT2D eigenvalue weighted by Gasteiger charge is 2.43. The number of hydrogen-bond donors (Lipinski definition) is 2. The Hall–Kier alpha value is -3.12. The van der Waals surface area contributed by atoms with Crippen LogP contribution in [0.2, 0.25) is 5.02 Å². The van der Waals surface area contributed by atoms with E-state index in [9.17, 15) is 9.59 Å². The predicted octanol–water partition coefficient (Wildman–Crippen LogP) is 2.41. The molecule has 4 rings (SSSR count). The average Bonchev–Trinajstić information content (AvgIpc) is 3.43. The van der Waals surface area contributed by atoms with E-state index in [1.165, 1.54) is 13.3 Å². The van der Waals surface area contributed by atoms with Crippen LogP contribution in [0.15, 0.2) is 18.3 Å². The van der Waals surface area contributed by atoms with Gasteiger partial charge < -0.3 is 15.0 Å². The third kappa shape index (κ3) is 4.49. The van der Waals surface area contributed by atoms with Crippen LogP contribution in [0.3, 0.4) is 0 Å². The molecule has 0 aromatic carbocycles. The average molecular weight is 443 g/mol. The van der Waals surface area contributed by atoms with Crippen LogP contribution in [0.4, 0.5) is 0 Å². The van der Waals surface area contributed by atoms with E-state index in [0.29, 0.717) is 54.6 Å². The highest BCUT2D eigenvalue weighted by molar-refractivity contribution is 6.33. The summed E-state index contributed by atoms with van der Waals surface area (Å²) in [5.41, 5.74) is 1.16. The van der Waals surface area contributed by atoms with Crippen LogP contribution in [0, 0.1) is 22.7 Å². The zero-order valence-corrected chi connectivity index (χ0v) is 17.9. The van der Waals surface area contributed by atoms with E-state index in [2.05, 4.69) is 26.6 Å². The van der Waals surface area contributed by atoms with Gasteiger partial charge in [-0.15, -0.1) is 0 Å². The number of nitrogens with one attached hydrogen (secondary N) is 2. The van der Waals surface area contributed by atoms with Gasteiger partial charge in [0.15, 0.2) is 5.69 Å². The number of halogens is 1. The fraction of sp³-hybridized carbons (Fsp3) is 0.476. The van der Waals surface area contributed by atoms with Crippen molar-refractivity contribution in [2.24, 2.45) is 11.3 Å². The van der Waals surface area contributed by atoms with Crippen LogP contribution >= 0.6 is 11.6 Å². The molecular formula is C21H23ClN6O3. The molecule has 2 N–H and O–H groups in total. The number of H-pyrrole nitrogens is 1. The van der Waals surface area contributed by atoms with Gasteiger partial charge in [-0.3, -0.25) is 14.7 Å². The Morgan fingerprint density at radius 3 is 2.77 bits per heavy atom. The van der Waals surface area contributed by atoms with E-state index in [4.69, 9.17) is 21.6 Å². The molecule has 0 radical (unpaired) electrons. The van der Waals surface area contributed by atoms with Crippen LogP contribution < -0.4 is 10.1 Å². The zero-order valence-electron chi connectivity index (χ0n) is 17.2. The highest BCUT2D eigenvalue weighted by Crippen LogP contribution is 2.44. The van der Waals surface area contributed by atoms with Crippen molar-refractivity contribution in [3.8, 4) is 23.2 Å². The third-order valence-electron chi connectivity index (χ3n) is 5.97. The monoisotopic (exact) mass is 442 g/mol. The molecule has 2 amide bonds. The summed E-state index contributed by atoms with van der Waals surface area (Å²) in [7, 11) is 1.51. The van der Waals surface area contributed by atoms with E-state index < -0.39 is 0 Å². The molecule has 31 heavy (non-hydrogen) atoms. The number of nitriles is 1. The molecule has 3 heterocycles. The lowest BCUT2D eigenvalue weighted by Gasteiger charge is -2.31. The molecule has 9 nitrogen and oxygen atoms in total. The molecule has 0 atom stereocenters. The Bertz CT molecular complexity index is 1030. The Morgan fingerprint density at radius 1 is 1.39 bits per heavy atom. The van der Waals surface area contributed by atoms with Crippen molar-refractivity contribution in [1.82, 2.24) is 25.4 Å². The SMILES string of the molecule is COc1cc(-c2cc(C(=O)N3CCC(C(=O)NCC4(C#N)CC4)CC3)n[nH]2)c(Cl)cn1. The van der Waals surface area contributed by atoms with E-state index in [1.807, 2.05) is 0 Å². The van der Waals surface area contributed by atoms with E-state index in [-0.39, 0.29) is 28.8 Å². The number of hydrogen-bond acceptors (Lipinski definition) is 6. The number of aromatic nitrogens is 3. The number of nitrogens with zero attached hydrogens (tertiary/aromatic N) is 4. The van der Waals surface area contributed by atoms with Crippen LogP contribution in [-0.2, 0) is 4.79 Å². The second kappa shape index (κ2) is 8.55. The number of methoxy groups -OCH3 is 1. The molecule has 1 aliphatic carbocycles. The van der Waals surface area contributed by atoms with Gasteiger partial charge in [0, 0.05) is 37.2 Å². The molecule has 2 fully saturated rings. The first-order valence-corrected chi connectivity index (χ1v) is 10.6. The van der Waals surface area contributed by atoms with Gasteiger partial charge in [-0.2, -0.15) is 10.4 Å². The zero-order chi connectivity index (χ0) is 22.0. The molecule has 0 unspecified atom stereocenters. The predicted molar refractivity (Wildman–Crippen MR) is 112 cm³/mol. The fourth-order valence-electron chi connectivity index (χ4n) is 3.69. The van der Waals surface area contributed by atoms with Gasteiger partial charge in [0.2, 0.25) is 11.8 Å². The number of rotatable bonds is 6. The smallest absolute Gasteiger partial charge is 0.274 e. The van der Waals surface area contributed by atoms with Gasteiger partial charge in [-0.05, 0) is 31.7 Å². The molecule has 2 aromatic rings. The minimum atomic E-state index is -0.355. The lowest BCUT2D eigenvalue weighted by atomic mass is 9.95. The molecule has 1 saturated carbocycles. The number of amides is 2. The first-order chi connectivity index (χ1) is 14.9. The molecule has 162 valence electrons. The topological polar surface area (TPSA) is 124 Å². The highest BCUT2D eigenvalue weighted by atomic mass is 35.5. The first kappa shape index (κ1) is 21.1. The summed E-state index contributed by atoms with van der Waals surface area (Å²) in [6, 6.07) is 5.60. The standard InChI is InChI=1S/C21H23ClN6O3/c1-31-18-8-14(15(22)10-24-18)16-9-17(27-26-16)20(30)28-6-2-13(3-7-28)19(29)25-12-21(11-23)4-5-21/h8-10,13H,2-7,12H2,1H3,(H,25,29)(H,26,27). The van der Waals surface area contributed by atoms with E-state index in [1.54, 1.807) is 17.0 Å². The molecule has 2 aromatic heterocycles. The number of piperidine rings is 1. The number of pyridine rings is 1. The Balaban J connectivity index is 1.34. The molecular weight excluding hydrogens is 420 g/mol. The van der Waals surface area contributed by atoms with Crippen molar-refractivity contribution in [1.29, 1.82) is 5.26 Å². The quantitative estimate of drug-likeness (QED) is 0.707. The lowest BCUT2D eigenvalue weighted by Crippen LogP contribution is -2.44. The van der Waals surface area contributed by atoms with Crippen molar-refractivity contribution in [2.45, 2.75) is 25.7 Å². The van der Waals surface area contributed by atoms with Gasteiger partial charge in [-0.1, -0.05) is 11.6 Å². The van der Waals surface area contributed by atoms with Crippen LogP contribution in [-0.4, -0.2) is 58.6 Å². The second-order valence-corrected chi connectivity index (χ2v) is 8.46. The van der Waals surface area contributed by atoms with E-state index >= 15 is 0 Å². The van der Waals surface area contributed by atoms with Crippen molar-refractivity contribution in [3.05, 3.63) is 29.0 Å². The summed E-state index contributed by atoms with van der Waals surface area (Å²) in [5.74, 6) is 0.0397. The lowest BCUT2D eigenvalue weighted by molar-refractivity contribution is -0.126. The van der Waals surface area contributed by atoms with Crippen molar-refractivity contribution in [3.63, 3.8) is 0 Å².